The van der Waals surface area contributed by atoms with Crippen molar-refractivity contribution in [1.29, 1.82) is 0 Å². The Morgan fingerprint density at radius 1 is 1.33 bits per heavy atom. The van der Waals surface area contributed by atoms with Crippen LogP contribution in [0.15, 0.2) is 30.3 Å². The molecule has 1 saturated carbocycles. The zero-order valence-electron chi connectivity index (χ0n) is 11.9. The van der Waals surface area contributed by atoms with Crippen molar-refractivity contribution in [3.05, 3.63) is 35.9 Å². The third kappa shape index (κ3) is 3.85. The van der Waals surface area contributed by atoms with Gasteiger partial charge in [0.25, 0.3) is 5.91 Å². The van der Waals surface area contributed by atoms with Crippen LogP contribution in [0.2, 0.25) is 0 Å². The predicted molar refractivity (Wildman–Crippen MR) is 79.6 cm³/mol. The molecule has 2 rings (SSSR count). The normalized spacial score (nSPS) is 15.6. The lowest BCUT2D eigenvalue weighted by Crippen LogP contribution is -2.40. The van der Waals surface area contributed by atoms with Gasteiger partial charge in [-0.1, -0.05) is 36.8 Å². The maximum absolute atomic E-state index is 11.8. The number of hydrogen-bond donors (Lipinski definition) is 1. The molecule has 1 aliphatic carbocycles. The third-order valence-corrected chi connectivity index (χ3v) is 4.10. The third-order valence-electron chi connectivity index (χ3n) is 4.10. The van der Waals surface area contributed by atoms with Gasteiger partial charge in [-0.05, 0) is 30.2 Å². The number of carboxylic acids is 1. The number of benzene rings is 1. The molecule has 1 amide bonds. The van der Waals surface area contributed by atoms with E-state index in [9.17, 15) is 9.59 Å². The van der Waals surface area contributed by atoms with Crippen molar-refractivity contribution >= 4 is 11.9 Å². The SMILES string of the molecule is C#CC(=O)N(CC(=O)O)CC(c1ccccc1)C1CCC1. The molecule has 110 valence electrons. The Morgan fingerprint density at radius 3 is 2.48 bits per heavy atom. The van der Waals surface area contributed by atoms with Gasteiger partial charge in [-0.2, -0.15) is 0 Å². The van der Waals surface area contributed by atoms with Crippen LogP contribution in [0.1, 0.15) is 30.7 Å². The highest BCUT2D eigenvalue weighted by Crippen LogP contribution is 2.39. The molecule has 0 radical (unpaired) electrons. The van der Waals surface area contributed by atoms with Gasteiger partial charge in [-0.15, -0.1) is 6.42 Å². The van der Waals surface area contributed by atoms with Crippen LogP contribution in [0.25, 0.3) is 0 Å². The molecule has 0 aromatic heterocycles. The standard InChI is InChI=1S/C17H19NO3/c1-2-16(19)18(12-17(20)21)11-15(14-9-6-10-14)13-7-4-3-5-8-13/h1,3-5,7-8,14-15H,6,9-12H2,(H,20,21). The van der Waals surface area contributed by atoms with Crippen molar-refractivity contribution < 1.29 is 14.7 Å². The summed E-state index contributed by atoms with van der Waals surface area (Å²) >= 11 is 0. The van der Waals surface area contributed by atoms with Gasteiger partial charge in [0.05, 0.1) is 0 Å². The lowest BCUT2D eigenvalue weighted by Gasteiger charge is -2.36. The molecule has 1 unspecified atom stereocenters. The molecule has 1 aromatic rings. The van der Waals surface area contributed by atoms with Crippen molar-refractivity contribution in [2.75, 3.05) is 13.1 Å². The van der Waals surface area contributed by atoms with E-state index in [0.29, 0.717) is 12.5 Å². The highest BCUT2D eigenvalue weighted by molar-refractivity contribution is 5.94. The minimum atomic E-state index is -1.04. The Hall–Kier alpha value is -2.28. The van der Waals surface area contributed by atoms with Crippen LogP contribution in [0.4, 0.5) is 0 Å². The highest BCUT2D eigenvalue weighted by atomic mass is 16.4. The van der Waals surface area contributed by atoms with Gasteiger partial charge in [0, 0.05) is 12.5 Å². The van der Waals surface area contributed by atoms with Gasteiger partial charge in [-0.25, -0.2) is 0 Å². The van der Waals surface area contributed by atoms with Crippen molar-refractivity contribution in [3.8, 4) is 12.3 Å². The number of terminal acetylenes is 1. The smallest absolute Gasteiger partial charge is 0.323 e. The minimum Gasteiger partial charge on any atom is -0.480 e. The number of carbonyl (C=O) groups is 2. The number of nitrogens with zero attached hydrogens (tertiary/aromatic N) is 1. The average molecular weight is 285 g/mol. The van der Waals surface area contributed by atoms with Gasteiger partial charge in [0.15, 0.2) is 0 Å². The van der Waals surface area contributed by atoms with Crippen LogP contribution in [-0.4, -0.2) is 35.0 Å². The first-order valence-corrected chi connectivity index (χ1v) is 7.14. The van der Waals surface area contributed by atoms with E-state index >= 15 is 0 Å². The van der Waals surface area contributed by atoms with Gasteiger partial charge >= 0.3 is 5.97 Å². The van der Waals surface area contributed by atoms with E-state index < -0.39 is 11.9 Å². The van der Waals surface area contributed by atoms with Crippen LogP contribution < -0.4 is 0 Å². The Morgan fingerprint density at radius 2 is 2.00 bits per heavy atom. The molecule has 1 aliphatic rings. The van der Waals surface area contributed by atoms with Gasteiger partial charge in [-0.3, -0.25) is 9.59 Å². The fraction of sp³-hybridized carbons (Fsp3) is 0.412. The van der Waals surface area contributed by atoms with E-state index in [2.05, 4.69) is 0 Å². The predicted octanol–water partition coefficient (Wildman–Crippen LogP) is 2.12. The summed E-state index contributed by atoms with van der Waals surface area (Å²) in [6.07, 6.45) is 8.57. The van der Waals surface area contributed by atoms with Crippen molar-refractivity contribution in [1.82, 2.24) is 4.90 Å². The summed E-state index contributed by atoms with van der Waals surface area (Å²) in [6.45, 7) is 0.0170. The second-order valence-electron chi connectivity index (χ2n) is 5.43. The van der Waals surface area contributed by atoms with E-state index in [0.717, 1.165) is 18.4 Å². The van der Waals surface area contributed by atoms with Crippen LogP contribution in [0.3, 0.4) is 0 Å². The fourth-order valence-corrected chi connectivity index (χ4v) is 2.78. The van der Waals surface area contributed by atoms with Crippen molar-refractivity contribution in [2.45, 2.75) is 25.2 Å². The first-order valence-electron chi connectivity index (χ1n) is 7.14. The molecule has 21 heavy (non-hydrogen) atoms. The lowest BCUT2D eigenvalue weighted by atomic mass is 9.73. The van der Waals surface area contributed by atoms with E-state index in [-0.39, 0.29) is 12.5 Å². The molecular weight excluding hydrogens is 266 g/mol. The molecule has 0 aliphatic heterocycles. The molecule has 4 heteroatoms. The molecule has 1 fully saturated rings. The fourth-order valence-electron chi connectivity index (χ4n) is 2.78. The number of carbonyl (C=O) groups excluding carboxylic acids is 1. The zero-order chi connectivity index (χ0) is 15.2. The first-order chi connectivity index (χ1) is 10.1. The molecule has 1 atom stereocenters. The van der Waals surface area contributed by atoms with E-state index in [1.165, 1.54) is 11.3 Å². The lowest BCUT2D eigenvalue weighted by molar-refractivity contribution is -0.142. The van der Waals surface area contributed by atoms with Crippen LogP contribution in [0.5, 0.6) is 0 Å². The maximum atomic E-state index is 11.8. The Kier molecular flexibility index (Phi) is 4.99. The maximum Gasteiger partial charge on any atom is 0.323 e. The molecule has 0 heterocycles. The van der Waals surface area contributed by atoms with E-state index in [1.807, 2.05) is 36.3 Å². The Labute approximate surface area is 124 Å². The summed E-state index contributed by atoms with van der Waals surface area (Å²) in [7, 11) is 0. The summed E-state index contributed by atoms with van der Waals surface area (Å²) in [6, 6.07) is 9.94. The van der Waals surface area contributed by atoms with E-state index in [4.69, 9.17) is 11.5 Å². The summed E-state index contributed by atoms with van der Waals surface area (Å²) < 4.78 is 0. The Balaban J connectivity index is 2.18. The molecule has 1 aromatic carbocycles. The minimum absolute atomic E-state index is 0.150. The Bertz CT molecular complexity index is 543. The van der Waals surface area contributed by atoms with Crippen molar-refractivity contribution in [3.63, 3.8) is 0 Å². The second-order valence-corrected chi connectivity index (χ2v) is 5.43. The average Bonchev–Trinajstić information content (AvgIpc) is 2.43. The number of rotatable bonds is 6. The topological polar surface area (TPSA) is 57.6 Å². The van der Waals surface area contributed by atoms with Crippen molar-refractivity contribution in [2.24, 2.45) is 5.92 Å². The summed E-state index contributed by atoms with van der Waals surface area (Å²) in [5.41, 5.74) is 1.14. The van der Waals surface area contributed by atoms with Crippen LogP contribution in [0, 0.1) is 18.3 Å². The molecule has 4 nitrogen and oxygen atoms in total. The largest absolute Gasteiger partial charge is 0.480 e. The molecular formula is C17H19NO3. The van der Waals surface area contributed by atoms with E-state index in [1.54, 1.807) is 0 Å². The van der Waals surface area contributed by atoms with Gasteiger partial charge in [0.1, 0.15) is 6.54 Å². The quantitative estimate of drug-likeness (QED) is 0.814. The molecule has 0 spiro atoms. The number of aliphatic carboxylic acids is 1. The number of carboxylic acid groups (broad SMARTS) is 1. The number of amides is 1. The van der Waals surface area contributed by atoms with Crippen LogP contribution >= 0.6 is 0 Å². The summed E-state index contributed by atoms with van der Waals surface area (Å²) in [4.78, 5) is 24.0. The molecule has 0 saturated heterocycles. The molecule has 0 bridgehead atoms. The number of hydrogen-bond acceptors (Lipinski definition) is 2. The van der Waals surface area contributed by atoms with Gasteiger partial charge < -0.3 is 10.0 Å². The monoisotopic (exact) mass is 285 g/mol. The first kappa shape index (κ1) is 15.1. The summed E-state index contributed by atoms with van der Waals surface area (Å²) in [5, 5.41) is 8.96. The van der Waals surface area contributed by atoms with Crippen LogP contribution in [-0.2, 0) is 9.59 Å². The van der Waals surface area contributed by atoms with Gasteiger partial charge in [0.2, 0.25) is 0 Å². The summed E-state index contributed by atoms with van der Waals surface area (Å²) in [5.74, 6) is 1.07. The zero-order valence-corrected chi connectivity index (χ0v) is 11.9. The second kappa shape index (κ2) is 6.94. The molecule has 1 N–H and O–H groups in total. The highest BCUT2D eigenvalue weighted by Gasteiger charge is 2.31.